The van der Waals surface area contributed by atoms with Crippen molar-refractivity contribution in [1.29, 1.82) is 0 Å². The standard InChI is InChI=1S/C66H63BN4/c1-63(2,3)49-34-50(64(4,5)6)37-53(36-49)70-57-30-46-26-42-20-15-13-18-40(42)24-44(46)28-55(57)67-56-29-45-25-41-19-14-16-21-43(41)27-47(45)31-58(56)71(54-38-51(65(7,8)9)35-52(39-54)66(10,11)12)60-33-48(32-59(70)61(60)67)62-68-22-17-23-69-62/h13-39H,1-12H3. The van der Waals surface area contributed by atoms with E-state index in [-0.39, 0.29) is 28.4 Å². The van der Waals surface area contributed by atoms with Crippen LogP contribution >= 0.6 is 0 Å². The van der Waals surface area contributed by atoms with Gasteiger partial charge >= 0.3 is 0 Å². The number of hydrogen-bond acceptors (Lipinski definition) is 4. The summed E-state index contributed by atoms with van der Waals surface area (Å²) in [6.07, 6.45) is 3.74. The van der Waals surface area contributed by atoms with E-state index in [1.54, 1.807) is 0 Å². The second-order valence-electron chi connectivity index (χ2n) is 24.6. The molecule has 350 valence electrons. The van der Waals surface area contributed by atoms with Crippen molar-refractivity contribution in [3.63, 3.8) is 0 Å². The van der Waals surface area contributed by atoms with Gasteiger partial charge in [0.2, 0.25) is 0 Å². The van der Waals surface area contributed by atoms with Crippen molar-refractivity contribution >= 4 is 100 Å². The lowest BCUT2D eigenvalue weighted by Crippen LogP contribution is -2.61. The zero-order valence-electron chi connectivity index (χ0n) is 43.5. The van der Waals surface area contributed by atoms with Gasteiger partial charge in [-0.1, -0.05) is 156 Å². The summed E-state index contributed by atoms with van der Waals surface area (Å²) in [7, 11) is 0. The molecule has 2 aliphatic rings. The largest absolute Gasteiger partial charge is 0.311 e. The summed E-state index contributed by atoms with van der Waals surface area (Å²) in [5.74, 6) is 0.701. The molecule has 5 heteroatoms. The number of rotatable bonds is 3. The van der Waals surface area contributed by atoms with Crippen LogP contribution in [0.3, 0.4) is 0 Å². The molecule has 10 aromatic rings. The van der Waals surface area contributed by atoms with Gasteiger partial charge in [0, 0.05) is 52.1 Å². The molecule has 2 aliphatic heterocycles. The van der Waals surface area contributed by atoms with Crippen LogP contribution in [-0.4, -0.2) is 16.7 Å². The van der Waals surface area contributed by atoms with Crippen LogP contribution in [0, 0.1) is 0 Å². The highest BCUT2D eigenvalue weighted by molar-refractivity contribution is 7.00. The van der Waals surface area contributed by atoms with Gasteiger partial charge < -0.3 is 9.80 Å². The van der Waals surface area contributed by atoms with Crippen molar-refractivity contribution < 1.29 is 0 Å². The average Bonchev–Trinajstić information content (AvgIpc) is 3.32. The summed E-state index contributed by atoms with van der Waals surface area (Å²) >= 11 is 0. The molecule has 0 aliphatic carbocycles. The lowest BCUT2D eigenvalue weighted by atomic mass is 9.33. The molecule has 0 saturated heterocycles. The molecule has 0 saturated carbocycles. The highest BCUT2D eigenvalue weighted by Crippen LogP contribution is 2.49. The quantitative estimate of drug-likeness (QED) is 0.131. The lowest BCUT2D eigenvalue weighted by Gasteiger charge is -2.45. The van der Waals surface area contributed by atoms with Gasteiger partial charge in [-0.2, -0.15) is 0 Å². The minimum atomic E-state index is -0.101. The van der Waals surface area contributed by atoms with E-state index in [4.69, 9.17) is 9.97 Å². The van der Waals surface area contributed by atoms with E-state index in [0.717, 1.165) is 28.3 Å². The van der Waals surface area contributed by atoms with Gasteiger partial charge in [-0.05, 0) is 182 Å². The molecule has 9 aromatic carbocycles. The fourth-order valence-electron chi connectivity index (χ4n) is 11.2. The minimum absolute atomic E-state index is 0.0948. The van der Waals surface area contributed by atoms with Crippen molar-refractivity contribution in [2.24, 2.45) is 0 Å². The first kappa shape index (κ1) is 44.9. The Hall–Kier alpha value is -7.24. The SMILES string of the molecule is CC(C)(C)c1cc(N2c3cc4cc5ccccc5cc4cc3B3c4cc5cc6ccccc6cc5cc4N(c4cc(C(C)(C)C)cc(C(C)(C)C)c4)c4cc(-c5ncccn5)cc2c43)cc(C(C)(C)C)c1. The van der Waals surface area contributed by atoms with Crippen molar-refractivity contribution in [2.75, 3.05) is 9.80 Å². The summed E-state index contributed by atoms with van der Waals surface area (Å²) in [6.45, 7) is 28.0. The fourth-order valence-corrected chi connectivity index (χ4v) is 11.2. The number of fused-ring (bicyclic) bond motifs is 8. The smallest absolute Gasteiger partial charge is 0.252 e. The second kappa shape index (κ2) is 15.6. The molecule has 0 unspecified atom stereocenters. The lowest BCUT2D eigenvalue weighted by molar-refractivity contribution is 0.568. The molecule has 0 fully saturated rings. The van der Waals surface area contributed by atoms with Crippen LogP contribution in [0.15, 0.2) is 164 Å². The summed E-state index contributed by atoms with van der Waals surface area (Å²) in [5, 5.41) is 9.89. The van der Waals surface area contributed by atoms with Gasteiger partial charge in [-0.3, -0.25) is 0 Å². The van der Waals surface area contributed by atoms with E-state index >= 15 is 0 Å². The molecular formula is C66H63BN4. The molecule has 0 spiro atoms. The zero-order valence-corrected chi connectivity index (χ0v) is 43.5. The number of nitrogens with zero attached hydrogens (tertiary/aromatic N) is 4. The number of aromatic nitrogens is 2. The molecule has 0 N–H and O–H groups in total. The Morgan fingerprint density at radius 2 is 0.676 bits per heavy atom. The van der Waals surface area contributed by atoms with Gasteiger partial charge in [-0.25, -0.2) is 9.97 Å². The topological polar surface area (TPSA) is 32.3 Å². The Balaban J connectivity index is 1.27. The highest BCUT2D eigenvalue weighted by atomic mass is 15.2. The third kappa shape index (κ3) is 7.59. The molecule has 71 heavy (non-hydrogen) atoms. The Kier molecular flexibility index (Phi) is 9.89. The van der Waals surface area contributed by atoms with Gasteiger partial charge in [0.25, 0.3) is 6.71 Å². The third-order valence-electron chi connectivity index (χ3n) is 15.4. The summed E-state index contributed by atoms with van der Waals surface area (Å²) in [5.41, 5.74) is 16.7. The van der Waals surface area contributed by atoms with Gasteiger partial charge in [-0.15, -0.1) is 0 Å². The van der Waals surface area contributed by atoms with E-state index < -0.39 is 0 Å². The molecule has 0 atom stereocenters. The Morgan fingerprint density at radius 3 is 1.01 bits per heavy atom. The maximum atomic E-state index is 4.97. The number of hydrogen-bond donors (Lipinski definition) is 0. The van der Waals surface area contributed by atoms with Crippen molar-refractivity contribution in [3.8, 4) is 11.4 Å². The number of benzene rings is 9. The summed E-state index contributed by atoms with van der Waals surface area (Å²) < 4.78 is 0. The molecule has 12 rings (SSSR count). The molecule has 1 aromatic heterocycles. The molecule has 0 amide bonds. The first-order chi connectivity index (χ1) is 33.7. The zero-order chi connectivity index (χ0) is 49.5. The summed E-state index contributed by atoms with van der Waals surface area (Å²) in [4.78, 5) is 15.1. The fraction of sp³-hybridized carbons (Fsp3) is 0.242. The molecule has 0 radical (unpaired) electrons. The molecule has 3 heterocycles. The van der Waals surface area contributed by atoms with Crippen LogP contribution in [-0.2, 0) is 21.7 Å². The normalized spacial score (nSPS) is 13.8. The van der Waals surface area contributed by atoms with Crippen molar-refractivity contribution in [3.05, 3.63) is 186 Å². The van der Waals surface area contributed by atoms with Crippen LogP contribution in [0.4, 0.5) is 34.1 Å². The predicted molar refractivity (Wildman–Crippen MR) is 306 cm³/mol. The molecule has 4 nitrogen and oxygen atoms in total. The first-order valence-corrected chi connectivity index (χ1v) is 25.5. The average molecular weight is 923 g/mol. The third-order valence-corrected chi connectivity index (χ3v) is 15.4. The molecule has 0 bridgehead atoms. The van der Waals surface area contributed by atoms with E-state index in [1.165, 1.54) is 93.1 Å². The van der Waals surface area contributed by atoms with Crippen molar-refractivity contribution in [1.82, 2.24) is 9.97 Å². The monoisotopic (exact) mass is 923 g/mol. The molecular weight excluding hydrogens is 860 g/mol. The van der Waals surface area contributed by atoms with Crippen LogP contribution < -0.4 is 26.2 Å². The van der Waals surface area contributed by atoms with Crippen molar-refractivity contribution in [2.45, 2.75) is 105 Å². The maximum Gasteiger partial charge on any atom is 0.252 e. The maximum absolute atomic E-state index is 4.97. The van der Waals surface area contributed by atoms with Crippen LogP contribution in [0.2, 0.25) is 0 Å². The minimum Gasteiger partial charge on any atom is -0.311 e. The van der Waals surface area contributed by atoms with Gasteiger partial charge in [0.15, 0.2) is 5.82 Å². The van der Waals surface area contributed by atoms with E-state index in [0.29, 0.717) is 5.82 Å². The first-order valence-electron chi connectivity index (χ1n) is 25.5. The predicted octanol–water partition coefficient (Wildman–Crippen LogP) is 16.0. The van der Waals surface area contributed by atoms with E-state index in [1.807, 2.05) is 18.5 Å². The van der Waals surface area contributed by atoms with E-state index in [9.17, 15) is 0 Å². The Bertz CT molecular complexity index is 3530. The van der Waals surface area contributed by atoms with Crippen LogP contribution in [0.5, 0.6) is 0 Å². The highest BCUT2D eigenvalue weighted by Gasteiger charge is 2.45. The Morgan fingerprint density at radius 1 is 0.338 bits per heavy atom. The van der Waals surface area contributed by atoms with Gasteiger partial charge in [0.05, 0.1) is 0 Å². The van der Waals surface area contributed by atoms with Crippen LogP contribution in [0.25, 0.3) is 54.5 Å². The number of anilines is 6. The van der Waals surface area contributed by atoms with Gasteiger partial charge in [0.1, 0.15) is 0 Å². The summed E-state index contributed by atoms with van der Waals surface area (Å²) in [6, 6.07) is 58.5. The van der Waals surface area contributed by atoms with E-state index in [2.05, 4.69) is 238 Å². The Labute approximate surface area is 420 Å². The van der Waals surface area contributed by atoms with Crippen LogP contribution in [0.1, 0.15) is 105 Å². The second-order valence-corrected chi connectivity index (χ2v) is 24.6.